The number of H-pyrrole nitrogens is 2. The van der Waals surface area contributed by atoms with Crippen LogP contribution in [0, 0.1) is 19.0 Å². The van der Waals surface area contributed by atoms with E-state index in [1.165, 1.54) is 44.5 Å². The maximum absolute atomic E-state index is 14.1. The number of imidazole rings is 2. The van der Waals surface area contributed by atoms with Crippen molar-refractivity contribution in [1.82, 2.24) is 51.4 Å². The summed E-state index contributed by atoms with van der Waals surface area (Å²) in [6.07, 6.45) is 7.91. The highest BCUT2D eigenvalue weighted by molar-refractivity contribution is 14.1. The summed E-state index contributed by atoms with van der Waals surface area (Å²) in [5.74, 6) is -6.36. The summed E-state index contributed by atoms with van der Waals surface area (Å²) in [5.41, 5.74) is 33.1. The van der Waals surface area contributed by atoms with E-state index in [2.05, 4.69) is 102 Å². The molecular formula is C68H85I2N17O10. The lowest BCUT2D eigenvalue weighted by Gasteiger charge is -2.36. The van der Waals surface area contributed by atoms with Crippen LogP contribution in [0.3, 0.4) is 0 Å². The van der Waals surface area contributed by atoms with E-state index in [0.717, 1.165) is 35.0 Å². The van der Waals surface area contributed by atoms with Crippen molar-refractivity contribution in [2.75, 3.05) is 13.1 Å². The zero-order chi connectivity index (χ0) is 70.6. The lowest BCUT2D eigenvalue weighted by Crippen LogP contribution is -2.55. The minimum absolute atomic E-state index is 0.0817. The fraction of sp³-hybridized carbons (Fsp3) is 0.382. The average Bonchev–Trinajstić information content (AvgIpc) is 0.844. The number of aliphatic imine (C=N–C) groups is 2. The molecule has 0 saturated carbocycles. The highest BCUT2D eigenvalue weighted by Crippen LogP contribution is 2.25. The van der Waals surface area contributed by atoms with Gasteiger partial charge in [0.2, 0.25) is 41.4 Å². The first-order chi connectivity index (χ1) is 46.3. The molecule has 0 fully saturated rings. The van der Waals surface area contributed by atoms with Crippen molar-refractivity contribution in [2.45, 2.75) is 141 Å². The normalized spacial score (nSPS) is 14.5. The lowest BCUT2D eigenvalue weighted by molar-refractivity contribution is -0.141. The number of hydrogen-bond donors (Lipinski definition) is 12. The van der Waals surface area contributed by atoms with Gasteiger partial charge in [-0.25, -0.2) is 9.97 Å². The molecular weight excluding hydrogens is 1470 g/mol. The Hall–Kier alpha value is -9.40. The second kappa shape index (κ2) is 39.0. The van der Waals surface area contributed by atoms with Crippen LogP contribution in [0.25, 0.3) is 0 Å². The van der Waals surface area contributed by atoms with Gasteiger partial charge in [0.25, 0.3) is 0 Å². The molecule has 0 bridgehead atoms. The molecule has 27 nitrogen and oxygen atoms in total. The number of nitrogens with one attached hydrogen (secondary N) is 7. The molecule has 8 atom stereocenters. The smallest absolute Gasteiger partial charge is 0.243 e. The van der Waals surface area contributed by atoms with Gasteiger partial charge in [0.05, 0.1) is 30.8 Å². The van der Waals surface area contributed by atoms with Crippen molar-refractivity contribution in [3.63, 3.8) is 0 Å². The number of fused-ring (bicyclic) bond motifs is 1. The monoisotopic (exact) mass is 1550 g/mol. The minimum Gasteiger partial charge on any atom is -0.370 e. The lowest BCUT2D eigenvalue weighted by atomic mass is 9.89. The number of carbonyl (C=O) groups is 10. The Morgan fingerprint density at radius 2 is 0.969 bits per heavy atom. The van der Waals surface area contributed by atoms with Crippen LogP contribution in [0.15, 0.2) is 138 Å². The van der Waals surface area contributed by atoms with E-state index >= 15 is 0 Å². The molecule has 1 aliphatic heterocycles. The summed E-state index contributed by atoms with van der Waals surface area (Å²) in [4.78, 5) is 156. The van der Waals surface area contributed by atoms with E-state index < -0.39 is 77.6 Å². The van der Waals surface area contributed by atoms with Crippen LogP contribution in [-0.2, 0) is 93.0 Å². The van der Waals surface area contributed by atoms with Gasteiger partial charge < -0.3 is 70.1 Å². The van der Waals surface area contributed by atoms with Gasteiger partial charge in [-0.15, -0.1) is 0 Å². The number of aromatic nitrogens is 4. The summed E-state index contributed by atoms with van der Waals surface area (Å²) in [6.45, 7) is 4.86. The van der Waals surface area contributed by atoms with E-state index in [1.54, 1.807) is 6.20 Å². The molecule has 0 spiro atoms. The third kappa shape index (κ3) is 26.3. The molecule has 7 rings (SSSR count). The van der Waals surface area contributed by atoms with Gasteiger partial charge in [-0.1, -0.05) is 78.9 Å². The standard InChI is InChI=1S/C34H42IN9O5.C34H43IN8O5/c1-20(45)44-18-24-6-3-2-5-22(24)14-29(44)33(49)42-27(13-21-8-10-25(35)11-9-21)30(46)15-23(7-4-12-40-34(37)38)32(48)43-28(31(36)47)16-26-17-39-19-41-26;1-21(44)28(18-27-19-38-20-40-27)42-32(47)25(9-6-14-39-34(36)37)17-31(46)29(15-24-10-12-26(35)13-11-24)43-33(48)30(41-22(2)45)16-23-7-4-3-5-8-23/h2-3,5-6,8-11,17,19,23,27-29H,4,7,12-16,18H2,1H3,(H2,36,47)(H,39,41)(H,42,49)(H,43,48)(H4,37,38,40);3-5,7-8,10-13,19-20,25,28-30H,6,9,14-18H2,1-2H3,(H,38,40)(H,41,45)(H,42,47)(H,43,48)(H4,36,37,39)/t23-,27-,28+,29+;25-,28+,29-,30+/m00/s1. The zero-order valence-electron chi connectivity index (χ0n) is 54.3. The molecule has 0 radical (unpaired) electrons. The van der Waals surface area contributed by atoms with Crippen LogP contribution in [-0.4, -0.2) is 145 Å². The number of rotatable bonds is 35. The number of hydrogen-bond acceptors (Lipinski definition) is 14. The first-order valence-corrected chi connectivity index (χ1v) is 33.7. The van der Waals surface area contributed by atoms with Crippen molar-refractivity contribution in [2.24, 2.45) is 50.5 Å². The molecule has 97 heavy (non-hydrogen) atoms. The highest BCUT2D eigenvalue weighted by atomic mass is 127. The fourth-order valence-electron chi connectivity index (χ4n) is 11.0. The molecule has 516 valence electrons. The van der Waals surface area contributed by atoms with Crippen LogP contribution in [0.1, 0.15) is 98.5 Å². The summed E-state index contributed by atoms with van der Waals surface area (Å²) in [5, 5.41) is 14.0. The first kappa shape index (κ1) is 76.6. The Kier molecular flexibility index (Phi) is 30.8. The van der Waals surface area contributed by atoms with E-state index in [0.29, 0.717) is 30.7 Å². The van der Waals surface area contributed by atoms with Gasteiger partial charge in [0.1, 0.15) is 18.1 Å². The average molecular weight is 1550 g/mol. The molecule has 7 amide bonds. The maximum atomic E-state index is 14.1. The van der Waals surface area contributed by atoms with E-state index in [9.17, 15) is 47.9 Å². The first-order valence-electron chi connectivity index (χ1n) is 31.6. The SMILES string of the molecule is CC(=O)N1Cc2ccccc2C[C@@H]1C(=O)N[C@@H](Cc1ccc(I)cc1)C(=O)C[C@H](CCCN=C(N)N)C(=O)N[C@H](Cc1cnc[nH]1)C(N)=O.CC(=O)N[C@H](Cc1ccccc1)C(=O)N[C@@H](Cc1ccc(I)cc1)C(=O)C[C@H](CCCN=C(N)N)C(=O)N[C@H](Cc1cnc[nH]1)C(C)=O. The number of benzene rings is 4. The Labute approximate surface area is 590 Å². The number of halogens is 2. The predicted molar refractivity (Wildman–Crippen MR) is 382 cm³/mol. The van der Waals surface area contributed by atoms with E-state index in [-0.39, 0.29) is 119 Å². The number of primary amides is 1. The second-order valence-corrected chi connectivity index (χ2v) is 26.2. The zero-order valence-corrected chi connectivity index (χ0v) is 58.6. The molecule has 17 N–H and O–H groups in total. The van der Waals surface area contributed by atoms with Gasteiger partial charge in [0, 0.05) is 115 Å². The van der Waals surface area contributed by atoms with Crippen molar-refractivity contribution >= 4 is 116 Å². The molecule has 1 aliphatic rings. The molecule has 2 aromatic heterocycles. The van der Waals surface area contributed by atoms with Crippen molar-refractivity contribution in [3.05, 3.63) is 175 Å². The summed E-state index contributed by atoms with van der Waals surface area (Å²) < 4.78 is 2.01. The Morgan fingerprint density at radius 1 is 0.526 bits per heavy atom. The molecule has 0 unspecified atom stereocenters. The number of Topliss-reactive ketones (excluding diaryl/α,β-unsaturated/α-hetero) is 3. The van der Waals surface area contributed by atoms with Crippen LogP contribution in [0.2, 0.25) is 0 Å². The third-order valence-electron chi connectivity index (χ3n) is 16.1. The van der Waals surface area contributed by atoms with Crippen LogP contribution >= 0.6 is 45.2 Å². The molecule has 6 aromatic rings. The molecule has 4 aromatic carbocycles. The Balaban J connectivity index is 0.000000307. The van der Waals surface area contributed by atoms with Gasteiger partial charge in [-0.2, -0.15) is 0 Å². The number of ketones is 3. The van der Waals surface area contributed by atoms with Crippen LogP contribution in [0.5, 0.6) is 0 Å². The van der Waals surface area contributed by atoms with Gasteiger partial charge >= 0.3 is 0 Å². The summed E-state index contributed by atoms with van der Waals surface area (Å²) in [6, 6.07) is 26.3. The summed E-state index contributed by atoms with van der Waals surface area (Å²) >= 11 is 4.36. The van der Waals surface area contributed by atoms with Crippen molar-refractivity contribution in [1.29, 1.82) is 0 Å². The van der Waals surface area contributed by atoms with Gasteiger partial charge in [-0.3, -0.25) is 57.9 Å². The maximum Gasteiger partial charge on any atom is 0.243 e. The van der Waals surface area contributed by atoms with Crippen molar-refractivity contribution in [3.8, 4) is 0 Å². The third-order valence-corrected chi connectivity index (χ3v) is 17.6. The number of nitrogens with zero attached hydrogens (tertiary/aromatic N) is 5. The number of aromatic amines is 2. The van der Waals surface area contributed by atoms with E-state index in [1.807, 2.05) is 103 Å². The highest BCUT2D eigenvalue weighted by Gasteiger charge is 2.37. The Bertz CT molecular complexity index is 3680. The van der Waals surface area contributed by atoms with Crippen molar-refractivity contribution < 1.29 is 47.9 Å². The molecule has 0 aliphatic carbocycles. The largest absolute Gasteiger partial charge is 0.370 e. The van der Waals surface area contributed by atoms with Gasteiger partial charge in [-0.05, 0) is 143 Å². The minimum atomic E-state index is -1.06. The van der Waals surface area contributed by atoms with Gasteiger partial charge in [0.15, 0.2) is 29.3 Å². The topological polar surface area (TPSA) is 446 Å². The van der Waals surface area contributed by atoms with E-state index in [4.69, 9.17) is 28.7 Å². The Morgan fingerprint density at radius 3 is 1.42 bits per heavy atom. The summed E-state index contributed by atoms with van der Waals surface area (Å²) in [7, 11) is 0. The van der Waals surface area contributed by atoms with Crippen LogP contribution in [0.4, 0.5) is 0 Å². The predicted octanol–water partition coefficient (Wildman–Crippen LogP) is 2.59. The van der Waals surface area contributed by atoms with Crippen LogP contribution < -0.4 is 55.3 Å². The molecule has 29 heteroatoms. The number of nitrogens with two attached hydrogens (primary N) is 5. The quantitative estimate of drug-likeness (QED) is 0.0118. The number of amides is 7. The second-order valence-electron chi connectivity index (χ2n) is 23.7. The molecule has 0 saturated heterocycles. The fourth-order valence-corrected chi connectivity index (χ4v) is 11.7. The molecule has 3 heterocycles. The number of carbonyl (C=O) groups excluding carboxylic acids is 10. The number of guanidine groups is 2.